The second-order valence-corrected chi connectivity index (χ2v) is 6.60. The first-order chi connectivity index (χ1) is 10.6. The van der Waals surface area contributed by atoms with Crippen molar-refractivity contribution in [2.24, 2.45) is 5.92 Å². The highest BCUT2D eigenvalue weighted by atomic mass is 19.1. The molecule has 122 valence electrons. The van der Waals surface area contributed by atoms with Crippen LogP contribution >= 0.6 is 0 Å². The monoisotopic (exact) mass is 310 g/mol. The lowest BCUT2D eigenvalue weighted by atomic mass is 10.1. The second kappa shape index (κ2) is 7.02. The molecular weight excluding hydrogens is 286 g/mol. The molecule has 1 aromatic rings. The average molecular weight is 310 g/mol. The Bertz CT molecular complexity index is 505. The third-order valence-electron chi connectivity index (χ3n) is 4.83. The molecule has 0 aliphatic carbocycles. The van der Waals surface area contributed by atoms with Crippen molar-refractivity contribution in [3.63, 3.8) is 0 Å². The largest absolute Gasteiger partial charge is 0.387 e. The van der Waals surface area contributed by atoms with Crippen LogP contribution in [-0.4, -0.2) is 54.2 Å². The lowest BCUT2D eigenvalue weighted by molar-refractivity contribution is 0.119. The first-order valence-electron chi connectivity index (χ1n) is 8.19. The maximum Gasteiger partial charge on any atom is 0.129 e. The highest BCUT2D eigenvalue weighted by Gasteiger charge is 2.27. The number of benzene rings is 1. The summed E-state index contributed by atoms with van der Waals surface area (Å²) in [6.07, 6.45) is 2.75. The highest BCUT2D eigenvalue weighted by molar-refractivity contribution is 5.21. The quantitative estimate of drug-likeness (QED) is 0.905. The third-order valence-corrected chi connectivity index (χ3v) is 4.83. The molecule has 2 heterocycles. The molecular formula is C17H24F2N2O. The van der Waals surface area contributed by atoms with Gasteiger partial charge >= 0.3 is 0 Å². The first kappa shape index (κ1) is 15.8. The van der Waals surface area contributed by atoms with Gasteiger partial charge in [0, 0.05) is 25.2 Å². The molecule has 0 bridgehead atoms. The van der Waals surface area contributed by atoms with E-state index in [2.05, 4.69) is 9.80 Å². The van der Waals surface area contributed by atoms with E-state index < -0.39 is 17.7 Å². The summed E-state index contributed by atoms with van der Waals surface area (Å²) < 4.78 is 26.9. The van der Waals surface area contributed by atoms with E-state index in [9.17, 15) is 13.9 Å². The van der Waals surface area contributed by atoms with E-state index in [0.29, 0.717) is 12.5 Å². The van der Waals surface area contributed by atoms with Gasteiger partial charge < -0.3 is 14.9 Å². The van der Waals surface area contributed by atoms with Crippen molar-refractivity contribution >= 4 is 0 Å². The minimum Gasteiger partial charge on any atom is -0.387 e. The van der Waals surface area contributed by atoms with Gasteiger partial charge in [0.1, 0.15) is 11.6 Å². The number of rotatable bonds is 5. The SMILES string of the molecule is OC(CN1CCC(CN2CCCC2)C1)c1cc(F)ccc1F. The van der Waals surface area contributed by atoms with E-state index in [0.717, 1.165) is 44.3 Å². The zero-order valence-corrected chi connectivity index (χ0v) is 12.8. The standard InChI is InChI=1S/C17H24F2N2O/c18-14-3-4-16(19)15(9-14)17(22)12-21-8-5-13(11-21)10-20-6-1-2-7-20/h3-4,9,13,17,22H,1-2,5-8,10-12H2. The van der Waals surface area contributed by atoms with Gasteiger partial charge in [0.05, 0.1) is 6.10 Å². The van der Waals surface area contributed by atoms with E-state index >= 15 is 0 Å². The third kappa shape index (κ3) is 3.83. The molecule has 2 aliphatic heterocycles. The molecule has 22 heavy (non-hydrogen) atoms. The molecule has 0 radical (unpaired) electrons. The summed E-state index contributed by atoms with van der Waals surface area (Å²) >= 11 is 0. The Morgan fingerprint density at radius 1 is 1.14 bits per heavy atom. The van der Waals surface area contributed by atoms with E-state index in [1.54, 1.807) is 0 Å². The summed E-state index contributed by atoms with van der Waals surface area (Å²) in [6.45, 7) is 5.76. The predicted molar refractivity (Wildman–Crippen MR) is 81.5 cm³/mol. The lowest BCUT2D eigenvalue weighted by Crippen LogP contribution is -2.31. The first-order valence-corrected chi connectivity index (χ1v) is 8.19. The van der Waals surface area contributed by atoms with Gasteiger partial charge in [-0.05, 0) is 63.0 Å². The van der Waals surface area contributed by atoms with Crippen molar-refractivity contribution in [2.75, 3.05) is 39.3 Å². The van der Waals surface area contributed by atoms with Crippen LogP contribution in [0.4, 0.5) is 8.78 Å². The number of aliphatic hydroxyl groups excluding tert-OH is 1. The van der Waals surface area contributed by atoms with Crippen molar-refractivity contribution in [2.45, 2.75) is 25.4 Å². The topological polar surface area (TPSA) is 26.7 Å². The second-order valence-electron chi connectivity index (χ2n) is 6.60. The molecule has 2 atom stereocenters. The molecule has 2 aliphatic rings. The van der Waals surface area contributed by atoms with E-state index in [1.165, 1.54) is 25.9 Å². The van der Waals surface area contributed by atoms with Gasteiger partial charge in [0.2, 0.25) is 0 Å². The number of hydrogen-bond donors (Lipinski definition) is 1. The maximum atomic E-state index is 13.7. The molecule has 0 amide bonds. The van der Waals surface area contributed by atoms with Gasteiger partial charge in [-0.2, -0.15) is 0 Å². The number of aliphatic hydroxyl groups is 1. The molecule has 0 saturated carbocycles. The minimum atomic E-state index is -0.971. The Labute approximate surface area is 130 Å². The molecule has 1 N–H and O–H groups in total. The predicted octanol–water partition coefficient (Wildman–Crippen LogP) is 2.42. The van der Waals surface area contributed by atoms with E-state index in [4.69, 9.17) is 0 Å². The molecule has 0 spiro atoms. The van der Waals surface area contributed by atoms with Crippen LogP contribution in [0.25, 0.3) is 0 Å². The summed E-state index contributed by atoms with van der Waals surface area (Å²) in [6, 6.07) is 3.25. The summed E-state index contributed by atoms with van der Waals surface area (Å²) in [4.78, 5) is 4.67. The van der Waals surface area contributed by atoms with Gasteiger partial charge in [-0.1, -0.05) is 0 Å². The maximum absolute atomic E-state index is 13.7. The normalized spacial score (nSPS) is 25.0. The Kier molecular flexibility index (Phi) is 5.06. The smallest absolute Gasteiger partial charge is 0.129 e. The van der Waals surface area contributed by atoms with Crippen LogP contribution in [0, 0.1) is 17.6 Å². The summed E-state index contributed by atoms with van der Waals surface area (Å²) in [5.41, 5.74) is 0.0583. The van der Waals surface area contributed by atoms with Gasteiger partial charge in [-0.3, -0.25) is 0 Å². The van der Waals surface area contributed by atoms with Gasteiger partial charge in [0.15, 0.2) is 0 Å². The molecule has 3 rings (SSSR count). The number of likely N-dealkylation sites (tertiary alicyclic amines) is 2. The number of hydrogen-bond acceptors (Lipinski definition) is 3. The fourth-order valence-electron chi connectivity index (χ4n) is 3.67. The number of nitrogens with zero attached hydrogens (tertiary/aromatic N) is 2. The fraction of sp³-hybridized carbons (Fsp3) is 0.647. The molecule has 2 fully saturated rings. The van der Waals surface area contributed by atoms with Crippen LogP contribution in [0.5, 0.6) is 0 Å². The zero-order chi connectivity index (χ0) is 15.5. The molecule has 5 heteroatoms. The molecule has 3 nitrogen and oxygen atoms in total. The Hall–Kier alpha value is -1.04. The number of β-amino-alcohol motifs (C(OH)–C–C–N with tert-alkyl or cyclic N) is 1. The van der Waals surface area contributed by atoms with Gasteiger partial charge in [0.25, 0.3) is 0 Å². The highest BCUT2D eigenvalue weighted by Crippen LogP contribution is 2.24. The van der Waals surface area contributed by atoms with Crippen molar-refractivity contribution in [1.29, 1.82) is 0 Å². The summed E-state index contributed by atoms with van der Waals surface area (Å²) in [5.74, 6) is -0.423. The van der Waals surface area contributed by atoms with Crippen LogP contribution in [0.15, 0.2) is 18.2 Å². The van der Waals surface area contributed by atoms with Crippen molar-refractivity contribution in [1.82, 2.24) is 9.80 Å². The van der Waals surface area contributed by atoms with Crippen molar-refractivity contribution < 1.29 is 13.9 Å². The average Bonchev–Trinajstić information content (AvgIpc) is 3.14. The molecule has 1 aromatic carbocycles. The Balaban J connectivity index is 1.51. The molecule has 0 aromatic heterocycles. The van der Waals surface area contributed by atoms with Gasteiger partial charge in [-0.15, -0.1) is 0 Å². The summed E-state index contributed by atoms with van der Waals surface area (Å²) in [5, 5.41) is 10.2. The van der Waals surface area contributed by atoms with Crippen LogP contribution in [0.3, 0.4) is 0 Å². The van der Waals surface area contributed by atoms with E-state index in [-0.39, 0.29) is 5.56 Å². The fourth-order valence-corrected chi connectivity index (χ4v) is 3.67. The number of halogens is 2. The van der Waals surface area contributed by atoms with Crippen LogP contribution in [0.1, 0.15) is 30.9 Å². The minimum absolute atomic E-state index is 0.0583. The Morgan fingerprint density at radius 2 is 1.91 bits per heavy atom. The zero-order valence-electron chi connectivity index (χ0n) is 12.8. The van der Waals surface area contributed by atoms with Crippen LogP contribution in [-0.2, 0) is 0 Å². The van der Waals surface area contributed by atoms with Crippen molar-refractivity contribution in [3.05, 3.63) is 35.4 Å². The Morgan fingerprint density at radius 3 is 2.68 bits per heavy atom. The van der Waals surface area contributed by atoms with Crippen LogP contribution in [0.2, 0.25) is 0 Å². The van der Waals surface area contributed by atoms with Gasteiger partial charge in [-0.25, -0.2) is 8.78 Å². The lowest BCUT2D eigenvalue weighted by Gasteiger charge is -2.22. The molecule has 2 unspecified atom stereocenters. The van der Waals surface area contributed by atoms with Crippen LogP contribution < -0.4 is 0 Å². The summed E-state index contributed by atoms with van der Waals surface area (Å²) in [7, 11) is 0. The van der Waals surface area contributed by atoms with E-state index in [1.807, 2.05) is 0 Å². The van der Waals surface area contributed by atoms with Crippen molar-refractivity contribution in [3.8, 4) is 0 Å². The molecule has 2 saturated heterocycles.